The van der Waals surface area contributed by atoms with Crippen LogP contribution in [0.2, 0.25) is 0 Å². The number of aromatic nitrogens is 1. The number of likely N-dealkylation sites (tertiary alicyclic amines) is 1. The predicted octanol–water partition coefficient (Wildman–Crippen LogP) is 2.35. The van der Waals surface area contributed by atoms with Crippen molar-refractivity contribution in [2.45, 2.75) is 25.3 Å². The number of carboxylic acids is 1. The van der Waals surface area contributed by atoms with Crippen molar-refractivity contribution in [3.05, 3.63) is 42.1 Å². The van der Waals surface area contributed by atoms with Crippen LogP contribution < -0.4 is 4.74 Å². The van der Waals surface area contributed by atoms with Crippen molar-refractivity contribution in [2.24, 2.45) is 0 Å². The Bertz CT molecular complexity index is 888. The van der Waals surface area contributed by atoms with Gasteiger partial charge < -0.3 is 19.7 Å². The van der Waals surface area contributed by atoms with Crippen molar-refractivity contribution in [1.29, 1.82) is 0 Å². The van der Waals surface area contributed by atoms with Gasteiger partial charge in [0.1, 0.15) is 5.75 Å². The summed E-state index contributed by atoms with van der Waals surface area (Å²) in [5.74, 6) is -1.72. The highest BCUT2D eigenvalue weighted by molar-refractivity contribution is 5.95. The minimum atomic E-state index is -2.13. The summed E-state index contributed by atoms with van der Waals surface area (Å²) >= 11 is 0. The largest absolute Gasteiger partial charge is 0.478 e. The Balaban J connectivity index is 1.87. The number of aliphatic carboxylic acids is 1. The molecule has 1 saturated heterocycles. The molecule has 2 aromatic rings. The van der Waals surface area contributed by atoms with Crippen LogP contribution in [0, 0.1) is 0 Å². The van der Waals surface area contributed by atoms with E-state index in [0.717, 1.165) is 30.0 Å². The summed E-state index contributed by atoms with van der Waals surface area (Å²) < 4.78 is 28.4. The lowest BCUT2D eigenvalue weighted by Gasteiger charge is -2.19. The second kappa shape index (κ2) is 6.88. The Labute approximate surface area is 143 Å². The summed E-state index contributed by atoms with van der Waals surface area (Å²) in [4.78, 5) is 27.0. The summed E-state index contributed by atoms with van der Waals surface area (Å²) in [5, 5.41) is 9.31. The van der Waals surface area contributed by atoms with Gasteiger partial charge in [-0.05, 0) is 50.5 Å². The lowest BCUT2D eigenvalue weighted by Crippen LogP contribution is -2.26. The number of carboxylic acid groups (broad SMARTS) is 1. The van der Waals surface area contributed by atoms with Gasteiger partial charge in [0.15, 0.2) is 0 Å². The Hall–Kier alpha value is -2.60. The highest BCUT2D eigenvalue weighted by Crippen LogP contribution is 2.31. The maximum Gasteiger partial charge on any atom is 0.336 e. The van der Waals surface area contributed by atoms with Crippen LogP contribution in [0.4, 0.5) is 0 Å². The molecule has 24 heavy (non-hydrogen) atoms. The molecule has 6 heteroatoms. The van der Waals surface area contributed by atoms with Crippen molar-refractivity contribution in [3.63, 3.8) is 0 Å². The summed E-state index contributed by atoms with van der Waals surface area (Å²) in [5.41, 5.74) is 1.62. The van der Waals surface area contributed by atoms with Crippen molar-refractivity contribution in [1.82, 2.24) is 9.88 Å². The van der Waals surface area contributed by atoms with Crippen molar-refractivity contribution >= 4 is 22.8 Å². The van der Waals surface area contributed by atoms with Gasteiger partial charge in [-0.2, -0.15) is 0 Å². The third kappa shape index (κ3) is 3.49. The van der Waals surface area contributed by atoms with E-state index in [1.807, 2.05) is 6.07 Å². The Morgan fingerprint density at radius 3 is 3.17 bits per heavy atom. The number of ether oxygens (including phenoxy) is 1. The highest BCUT2D eigenvalue weighted by atomic mass is 16.5. The van der Waals surface area contributed by atoms with E-state index in [1.165, 1.54) is 4.90 Å². The fourth-order valence-corrected chi connectivity index (χ4v) is 3.05. The van der Waals surface area contributed by atoms with E-state index in [2.05, 4.69) is 4.98 Å². The summed E-state index contributed by atoms with van der Waals surface area (Å²) in [6.07, 6.45) is 5.48. The van der Waals surface area contributed by atoms with Crippen LogP contribution in [0.15, 0.2) is 36.5 Å². The smallest absolute Gasteiger partial charge is 0.336 e. The van der Waals surface area contributed by atoms with Crippen LogP contribution in [-0.2, 0) is 16.0 Å². The molecule has 1 aliphatic rings. The average molecular weight is 331 g/mol. The Morgan fingerprint density at radius 1 is 1.50 bits per heavy atom. The van der Waals surface area contributed by atoms with Gasteiger partial charge in [-0.1, -0.05) is 6.07 Å². The first-order valence-electron chi connectivity index (χ1n) is 9.24. The van der Waals surface area contributed by atoms with E-state index in [4.69, 9.17) is 14.0 Å². The number of carbonyl (C=O) groups is 2. The second-order valence-corrected chi connectivity index (χ2v) is 5.78. The van der Waals surface area contributed by atoms with Crippen LogP contribution in [-0.4, -0.2) is 46.5 Å². The minimum Gasteiger partial charge on any atom is -0.478 e. The number of rotatable bonds is 5. The molecule has 1 aromatic carbocycles. The number of benzene rings is 1. The van der Waals surface area contributed by atoms with E-state index in [1.54, 1.807) is 18.3 Å². The molecular weight excluding hydrogens is 308 g/mol. The number of H-pyrrole nitrogens is 1. The summed E-state index contributed by atoms with van der Waals surface area (Å²) in [6.45, 7) is -1.60. The van der Waals surface area contributed by atoms with Crippen molar-refractivity contribution in [2.75, 3.05) is 13.5 Å². The Morgan fingerprint density at radius 2 is 2.38 bits per heavy atom. The molecule has 1 atom stereocenters. The van der Waals surface area contributed by atoms with Crippen LogP contribution in [0.25, 0.3) is 10.9 Å². The third-order valence-corrected chi connectivity index (χ3v) is 4.15. The van der Waals surface area contributed by atoms with Gasteiger partial charge in [0.2, 0.25) is 0 Å². The van der Waals surface area contributed by atoms with E-state index < -0.39 is 18.9 Å². The lowest BCUT2D eigenvalue weighted by atomic mass is 10.0. The number of aromatic amines is 1. The molecule has 2 N–H and O–H groups in total. The van der Waals surface area contributed by atoms with Crippen LogP contribution >= 0.6 is 0 Å². The van der Waals surface area contributed by atoms with Crippen molar-refractivity contribution < 1.29 is 23.5 Å². The number of likely N-dealkylation sites (N-methyl/N-ethyl adjacent to an activating group) is 1. The quantitative estimate of drug-likeness (QED) is 0.499. The highest BCUT2D eigenvalue weighted by Gasteiger charge is 2.23. The summed E-state index contributed by atoms with van der Waals surface area (Å²) in [7, 11) is 0. The number of nitrogens with zero attached hydrogens (tertiary/aromatic N) is 1. The lowest BCUT2D eigenvalue weighted by molar-refractivity contribution is -0.133. The van der Waals surface area contributed by atoms with Gasteiger partial charge in [0.05, 0.1) is 0 Å². The molecule has 0 saturated carbocycles. The van der Waals surface area contributed by atoms with Crippen LogP contribution in [0.3, 0.4) is 0 Å². The first-order valence-corrected chi connectivity index (χ1v) is 7.74. The first-order chi connectivity index (χ1) is 12.8. The topological polar surface area (TPSA) is 82.6 Å². The third-order valence-electron chi connectivity index (χ3n) is 4.15. The molecule has 6 nitrogen and oxygen atoms in total. The number of fused-ring (bicyclic) bond motifs is 1. The number of nitrogens with one attached hydrogen (secondary N) is 1. The number of hydrogen-bond acceptors (Lipinski definition) is 4. The molecule has 0 amide bonds. The fraction of sp³-hybridized carbons (Fsp3) is 0.333. The molecule has 1 aliphatic heterocycles. The molecule has 1 fully saturated rings. The second-order valence-electron chi connectivity index (χ2n) is 5.78. The van der Waals surface area contributed by atoms with Crippen molar-refractivity contribution in [3.8, 4) is 5.75 Å². The van der Waals surface area contributed by atoms with Gasteiger partial charge in [-0.15, -0.1) is 0 Å². The maximum atomic E-state index is 11.9. The zero-order valence-electron chi connectivity index (χ0n) is 16.0. The monoisotopic (exact) mass is 331 g/mol. The zero-order chi connectivity index (χ0) is 19.6. The average Bonchev–Trinajstić information content (AvgIpc) is 3.21. The molecule has 0 aliphatic carbocycles. The van der Waals surface area contributed by atoms with Crippen LogP contribution in [0.5, 0.6) is 5.75 Å². The standard InChI is InChI=1S/C18H20N2O4/c1-20-9-3-4-13(20)10-12-11-19-14-5-2-6-15(18(12)14)24-17(23)8-7-16(21)22/h2,5-8,11,13,19H,3-4,9-10H2,1H3,(H,21,22)/i1D3. The van der Waals surface area contributed by atoms with Gasteiger partial charge >= 0.3 is 11.9 Å². The van der Waals surface area contributed by atoms with E-state index in [0.29, 0.717) is 30.2 Å². The summed E-state index contributed by atoms with van der Waals surface area (Å²) in [6, 6.07) is 5.06. The number of hydrogen-bond donors (Lipinski definition) is 2. The van der Waals surface area contributed by atoms with Gasteiger partial charge in [0, 0.05) is 39.4 Å². The molecule has 126 valence electrons. The van der Waals surface area contributed by atoms with E-state index in [9.17, 15) is 9.59 Å². The van der Waals surface area contributed by atoms with E-state index in [-0.39, 0.29) is 6.04 Å². The molecule has 0 bridgehead atoms. The molecule has 0 radical (unpaired) electrons. The minimum absolute atomic E-state index is 0.118. The molecule has 1 unspecified atom stereocenters. The molecule has 2 heterocycles. The SMILES string of the molecule is [2H]C([2H])([2H])N1CCCC1Cc1c[nH]c2cccc(OC(=O)C=CC(=O)O)c12. The predicted molar refractivity (Wildman–Crippen MR) is 90.1 cm³/mol. The number of carbonyl (C=O) groups excluding carboxylic acids is 1. The van der Waals surface area contributed by atoms with Gasteiger partial charge in [-0.25, -0.2) is 9.59 Å². The van der Waals surface area contributed by atoms with Gasteiger partial charge in [-0.3, -0.25) is 0 Å². The normalized spacial score (nSPS) is 20.8. The van der Waals surface area contributed by atoms with Crippen LogP contribution in [0.1, 0.15) is 22.5 Å². The molecule has 3 rings (SSSR count). The first kappa shape index (κ1) is 12.8. The fourth-order valence-electron chi connectivity index (χ4n) is 3.05. The van der Waals surface area contributed by atoms with E-state index >= 15 is 0 Å². The molecular formula is C18H20N2O4. The Kier molecular flexibility index (Phi) is 3.66. The number of esters is 1. The van der Waals surface area contributed by atoms with Gasteiger partial charge in [0.25, 0.3) is 0 Å². The zero-order valence-corrected chi connectivity index (χ0v) is 13.0. The maximum absolute atomic E-state index is 11.9. The molecule has 0 spiro atoms. The molecule has 1 aromatic heterocycles.